The van der Waals surface area contributed by atoms with Crippen LogP contribution in [-0.4, -0.2) is 32.8 Å². The van der Waals surface area contributed by atoms with Crippen LogP contribution in [0.5, 0.6) is 0 Å². The second-order valence-corrected chi connectivity index (χ2v) is 6.71. The van der Waals surface area contributed by atoms with Gasteiger partial charge >= 0.3 is 6.18 Å². The molecule has 3 heterocycles. The average molecular weight is 377 g/mol. The summed E-state index contributed by atoms with van der Waals surface area (Å²) in [6, 6.07) is 5.14. The van der Waals surface area contributed by atoms with Crippen LogP contribution in [0.15, 0.2) is 35.3 Å². The minimum atomic E-state index is -4.41. The van der Waals surface area contributed by atoms with Gasteiger partial charge in [-0.1, -0.05) is 18.2 Å². The summed E-state index contributed by atoms with van der Waals surface area (Å²) in [6.07, 6.45) is -0.881. The second-order valence-electron chi connectivity index (χ2n) is 6.71. The second kappa shape index (κ2) is 6.80. The molecule has 0 radical (unpaired) electrons. The molecule has 9 heteroatoms. The maximum Gasteiger partial charge on any atom is 0.416 e. The van der Waals surface area contributed by atoms with Gasteiger partial charge in [0.2, 0.25) is 0 Å². The molecule has 27 heavy (non-hydrogen) atoms. The van der Waals surface area contributed by atoms with Crippen molar-refractivity contribution in [1.29, 1.82) is 0 Å². The van der Waals surface area contributed by atoms with E-state index in [0.29, 0.717) is 22.4 Å². The minimum Gasteiger partial charge on any atom is -0.315 e. The summed E-state index contributed by atoms with van der Waals surface area (Å²) in [6.45, 7) is 1.69. The molecule has 3 aromatic rings. The van der Waals surface area contributed by atoms with Crippen LogP contribution in [0.1, 0.15) is 35.8 Å². The van der Waals surface area contributed by atoms with E-state index >= 15 is 0 Å². The Bertz CT molecular complexity index is 1020. The quantitative estimate of drug-likeness (QED) is 0.736. The number of hydrogen-bond donors (Lipinski definition) is 2. The van der Waals surface area contributed by atoms with Gasteiger partial charge in [-0.2, -0.15) is 18.3 Å². The number of hydrogen-bond acceptors (Lipinski definition) is 4. The summed E-state index contributed by atoms with van der Waals surface area (Å²) in [7, 11) is 0. The van der Waals surface area contributed by atoms with Gasteiger partial charge in [-0.15, -0.1) is 0 Å². The first-order chi connectivity index (χ1) is 12.9. The van der Waals surface area contributed by atoms with E-state index in [1.165, 1.54) is 12.3 Å². The van der Waals surface area contributed by atoms with Crippen LogP contribution in [0.25, 0.3) is 11.0 Å². The Labute approximate surface area is 152 Å². The fourth-order valence-electron chi connectivity index (χ4n) is 3.43. The molecule has 6 nitrogen and oxygen atoms in total. The molecule has 0 amide bonds. The molecule has 2 aromatic heterocycles. The smallest absolute Gasteiger partial charge is 0.315 e. The summed E-state index contributed by atoms with van der Waals surface area (Å²) in [5.74, 6) is 0.317. The molecule has 0 aliphatic carbocycles. The van der Waals surface area contributed by atoms with Crippen LogP contribution in [0.4, 0.5) is 13.2 Å². The molecule has 1 aromatic carbocycles. The molecule has 1 atom stereocenters. The van der Waals surface area contributed by atoms with Crippen LogP contribution < -0.4 is 10.9 Å². The lowest BCUT2D eigenvalue weighted by atomic mass is 10.1. The Morgan fingerprint density at radius 1 is 1.30 bits per heavy atom. The van der Waals surface area contributed by atoms with Crippen LogP contribution in [-0.2, 0) is 12.6 Å². The third-order valence-corrected chi connectivity index (χ3v) is 4.76. The summed E-state index contributed by atoms with van der Waals surface area (Å²) in [5.41, 5.74) is -0.161. The lowest BCUT2D eigenvalue weighted by molar-refractivity contribution is -0.137. The molecule has 0 bridgehead atoms. The Morgan fingerprint density at radius 2 is 2.15 bits per heavy atom. The Balaban J connectivity index is 1.69. The number of benzene rings is 1. The van der Waals surface area contributed by atoms with E-state index < -0.39 is 11.7 Å². The standard InChI is InChI=1S/C18H18F3N5O/c19-18(20,21)12-4-1-3-11(7-12)8-15-24-16-14(17(27)25-15)10-23-26(16)13-5-2-6-22-9-13/h1,3-4,7,10,13,22H,2,5-6,8-9H2,(H,24,25,27). The largest absolute Gasteiger partial charge is 0.416 e. The highest BCUT2D eigenvalue weighted by atomic mass is 19.4. The fraction of sp³-hybridized carbons (Fsp3) is 0.389. The SMILES string of the molecule is O=c1[nH]c(Cc2cccc(C(F)(F)F)c2)nc2c1cnn2C1CCCNC1. The van der Waals surface area contributed by atoms with Gasteiger partial charge in [0.25, 0.3) is 5.56 Å². The molecular weight excluding hydrogens is 359 g/mol. The predicted molar refractivity (Wildman–Crippen MR) is 93.5 cm³/mol. The highest BCUT2D eigenvalue weighted by Gasteiger charge is 2.30. The number of fused-ring (bicyclic) bond motifs is 1. The van der Waals surface area contributed by atoms with Crippen LogP contribution in [0, 0.1) is 0 Å². The van der Waals surface area contributed by atoms with E-state index in [1.807, 2.05) is 0 Å². The van der Waals surface area contributed by atoms with E-state index in [1.54, 1.807) is 10.7 Å². The number of piperidine rings is 1. The van der Waals surface area contributed by atoms with Gasteiger partial charge < -0.3 is 10.3 Å². The van der Waals surface area contributed by atoms with Crippen molar-refractivity contribution in [2.75, 3.05) is 13.1 Å². The van der Waals surface area contributed by atoms with Crippen molar-refractivity contribution < 1.29 is 13.2 Å². The molecule has 4 rings (SSSR count). The fourth-order valence-corrected chi connectivity index (χ4v) is 3.43. The van der Waals surface area contributed by atoms with Crippen LogP contribution in [0.3, 0.4) is 0 Å². The maximum absolute atomic E-state index is 12.9. The zero-order chi connectivity index (χ0) is 19.0. The number of aromatic amines is 1. The molecule has 0 saturated carbocycles. The first-order valence-electron chi connectivity index (χ1n) is 8.75. The van der Waals surface area contributed by atoms with Gasteiger partial charge in [0.1, 0.15) is 11.2 Å². The first-order valence-corrected chi connectivity index (χ1v) is 8.75. The van der Waals surface area contributed by atoms with Gasteiger partial charge in [0.05, 0.1) is 17.8 Å². The molecule has 1 saturated heterocycles. The molecule has 2 N–H and O–H groups in total. The molecular formula is C18H18F3N5O. The molecule has 0 spiro atoms. The number of aromatic nitrogens is 4. The number of rotatable bonds is 3. The van der Waals surface area contributed by atoms with Crippen molar-refractivity contribution in [3.05, 3.63) is 57.8 Å². The van der Waals surface area contributed by atoms with Crippen molar-refractivity contribution in [3.8, 4) is 0 Å². The third kappa shape index (κ3) is 3.59. The third-order valence-electron chi connectivity index (χ3n) is 4.76. The molecule has 1 aliphatic heterocycles. The Kier molecular flexibility index (Phi) is 4.47. The van der Waals surface area contributed by atoms with E-state index in [-0.39, 0.29) is 18.0 Å². The number of halogens is 3. The summed E-state index contributed by atoms with van der Waals surface area (Å²) >= 11 is 0. The predicted octanol–water partition coefficient (Wildman–Crippen LogP) is 2.65. The van der Waals surface area contributed by atoms with E-state index in [0.717, 1.165) is 38.1 Å². The summed E-state index contributed by atoms with van der Waals surface area (Å²) < 4.78 is 40.5. The van der Waals surface area contributed by atoms with Crippen molar-refractivity contribution in [2.24, 2.45) is 0 Å². The zero-order valence-corrected chi connectivity index (χ0v) is 14.4. The first kappa shape index (κ1) is 17.7. The van der Waals surface area contributed by atoms with Gasteiger partial charge in [0, 0.05) is 13.0 Å². The van der Waals surface area contributed by atoms with E-state index in [4.69, 9.17) is 0 Å². The molecule has 1 unspecified atom stereocenters. The molecule has 1 fully saturated rings. The minimum absolute atomic E-state index is 0.100. The summed E-state index contributed by atoms with van der Waals surface area (Å²) in [5, 5.41) is 8.00. The highest BCUT2D eigenvalue weighted by molar-refractivity contribution is 5.73. The van der Waals surface area contributed by atoms with Crippen molar-refractivity contribution >= 4 is 11.0 Å². The Hall–Kier alpha value is -2.68. The average Bonchev–Trinajstić information content (AvgIpc) is 3.06. The van der Waals surface area contributed by atoms with Gasteiger partial charge in [-0.3, -0.25) is 4.79 Å². The topological polar surface area (TPSA) is 75.6 Å². The Morgan fingerprint density at radius 3 is 2.89 bits per heavy atom. The number of alkyl halides is 3. The van der Waals surface area contributed by atoms with Gasteiger partial charge in [0.15, 0.2) is 5.65 Å². The van der Waals surface area contributed by atoms with E-state index in [9.17, 15) is 18.0 Å². The van der Waals surface area contributed by atoms with Crippen molar-refractivity contribution in [2.45, 2.75) is 31.5 Å². The zero-order valence-electron chi connectivity index (χ0n) is 14.4. The lowest BCUT2D eigenvalue weighted by Gasteiger charge is -2.23. The highest BCUT2D eigenvalue weighted by Crippen LogP contribution is 2.30. The van der Waals surface area contributed by atoms with Gasteiger partial charge in [-0.05, 0) is 31.0 Å². The number of H-pyrrole nitrogens is 1. The maximum atomic E-state index is 12.9. The number of nitrogens with zero attached hydrogens (tertiary/aromatic N) is 3. The number of nitrogens with one attached hydrogen (secondary N) is 2. The monoisotopic (exact) mass is 377 g/mol. The molecule has 1 aliphatic rings. The van der Waals surface area contributed by atoms with Crippen molar-refractivity contribution in [3.63, 3.8) is 0 Å². The van der Waals surface area contributed by atoms with Crippen LogP contribution >= 0.6 is 0 Å². The normalized spacial score (nSPS) is 18.1. The summed E-state index contributed by atoms with van der Waals surface area (Å²) in [4.78, 5) is 19.5. The van der Waals surface area contributed by atoms with Crippen molar-refractivity contribution in [1.82, 2.24) is 25.1 Å². The van der Waals surface area contributed by atoms with Gasteiger partial charge in [-0.25, -0.2) is 9.67 Å². The van der Waals surface area contributed by atoms with Crippen LogP contribution in [0.2, 0.25) is 0 Å². The lowest BCUT2D eigenvalue weighted by Crippen LogP contribution is -2.32. The molecule has 142 valence electrons. The van der Waals surface area contributed by atoms with E-state index in [2.05, 4.69) is 20.4 Å².